The fourth-order valence-electron chi connectivity index (χ4n) is 3.11. The zero-order chi connectivity index (χ0) is 14.8. The van der Waals surface area contributed by atoms with Gasteiger partial charge in [0.25, 0.3) is 0 Å². The Hall–Kier alpha value is -1.41. The van der Waals surface area contributed by atoms with E-state index in [1.165, 1.54) is 11.1 Å². The molecular weight excluding hydrogens is 280 g/mol. The van der Waals surface area contributed by atoms with Crippen LogP contribution in [0, 0.1) is 5.92 Å². The molecule has 1 atom stereocenters. The number of aryl methyl sites for hydroxylation is 1. The minimum absolute atomic E-state index is 0.393. The molecule has 0 fully saturated rings. The highest BCUT2D eigenvalue weighted by Gasteiger charge is 2.22. The molecule has 21 heavy (non-hydrogen) atoms. The van der Waals surface area contributed by atoms with E-state index in [0.717, 1.165) is 37.2 Å². The Balaban J connectivity index is 1.86. The second kappa shape index (κ2) is 6.15. The molecule has 0 saturated heterocycles. The molecule has 2 aromatic rings. The molecular formula is C18H21ClN2. The molecule has 110 valence electrons. The maximum absolute atomic E-state index is 6.20. The first-order valence-electron chi connectivity index (χ1n) is 7.72. The third kappa shape index (κ3) is 3.44. The number of hydrogen-bond donors (Lipinski definition) is 0. The lowest BCUT2D eigenvalue weighted by Gasteiger charge is -2.24. The van der Waals surface area contributed by atoms with Gasteiger partial charge in [0.1, 0.15) is 11.0 Å². The van der Waals surface area contributed by atoms with Gasteiger partial charge < -0.3 is 0 Å². The third-order valence-electron chi connectivity index (χ3n) is 4.09. The Bertz CT molecular complexity index is 637. The summed E-state index contributed by atoms with van der Waals surface area (Å²) in [5.41, 5.74) is 3.97. The van der Waals surface area contributed by atoms with Crippen LogP contribution >= 0.6 is 11.6 Å². The molecule has 0 aliphatic heterocycles. The van der Waals surface area contributed by atoms with Gasteiger partial charge >= 0.3 is 0 Å². The van der Waals surface area contributed by atoms with Gasteiger partial charge in [-0.2, -0.15) is 0 Å². The Kier molecular flexibility index (Phi) is 4.25. The lowest BCUT2D eigenvalue weighted by molar-refractivity contribution is 0.546. The highest BCUT2D eigenvalue weighted by Crippen LogP contribution is 2.31. The largest absolute Gasteiger partial charge is 0.238 e. The summed E-state index contributed by atoms with van der Waals surface area (Å²) in [4.78, 5) is 9.27. The van der Waals surface area contributed by atoms with Gasteiger partial charge in [0.2, 0.25) is 0 Å². The maximum atomic E-state index is 6.20. The Morgan fingerprint density at radius 2 is 1.95 bits per heavy atom. The molecule has 0 spiro atoms. The molecule has 0 N–H and O–H groups in total. The van der Waals surface area contributed by atoms with E-state index in [1.807, 2.05) is 6.07 Å². The summed E-state index contributed by atoms with van der Waals surface area (Å²) in [6, 6.07) is 10.6. The van der Waals surface area contributed by atoms with E-state index in [9.17, 15) is 0 Å². The van der Waals surface area contributed by atoms with Crippen molar-refractivity contribution in [2.75, 3.05) is 0 Å². The van der Waals surface area contributed by atoms with Crippen molar-refractivity contribution < 1.29 is 0 Å². The van der Waals surface area contributed by atoms with Crippen LogP contribution < -0.4 is 0 Å². The highest BCUT2D eigenvalue weighted by molar-refractivity contribution is 6.29. The number of benzene rings is 1. The number of fused-ring (bicyclic) bond motifs is 1. The quantitative estimate of drug-likeness (QED) is 0.774. The molecule has 0 amide bonds. The van der Waals surface area contributed by atoms with E-state index in [1.54, 1.807) is 0 Å². The van der Waals surface area contributed by atoms with Crippen LogP contribution in [0.3, 0.4) is 0 Å². The van der Waals surface area contributed by atoms with Gasteiger partial charge in [0, 0.05) is 11.6 Å². The fraction of sp³-hybridized carbons (Fsp3) is 0.444. The smallest absolute Gasteiger partial charge is 0.133 e. The highest BCUT2D eigenvalue weighted by atomic mass is 35.5. The fourth-order valence-corrected chi connectivity index (χ4v) is 3.32. The molecule has 3 heteroatoms. The lowest BCUT2D eigenvalue weighted by Crippen LogP contribution is -2.16. The molecule has 0 bridgehead atoms. The van der Waals surface area contributed by atoms with Crippen LogP contribution in [0.15, 0.2) is 30.3 Å². The van der Waals surface area contributed by atoms with Gasteiger partial charge in [0.15, 0.2) is 0 Å². The molecule has 3 rings (SSSR count). The number of aromatic nitrogens is 2. The van der Waals surface area contributed by atoms with E-state index in [2.05, 4.69) is 43.1 Å². The van der Waals surface area contributed by atoms with E-state index < -0.39 is 0 Å². The second-order valence-electron chi connectivity index (χ2n) is 6.35. The zero-order valence-corrected chi connectivity index (χ0v) is 13.4. The van der Waals surface area contributed by atoms with Crippen LogP contribution in [0.4, 0.5) is 0 Å². The summed E-state index contributed by atoms with van der Waals surface area (Å²) >= 11 is 6.20. The summed E-state index contributed by atoms with van der Waals surface area (Å²) in [6.07, 6.45) is 4.20. The third-order valence-corrected chi connectivity index (χ3v) is 4.29. The average Bonchev–Trinajstić information content (AvgIpc) is 2.45. The van der Waals surface area contributed by atoms with Crippen molar-refractivity contribution in [1.82, 2.24) is 9.97 Å². The van der Waals surface area contributed by atoms with Crippen molar-refractivity contribution in [2.24, 2.45) is 5.92 Å². The van der Waals surface area contributed by atoms with Gasteiger partial charge in [0.05, 0.1) is 0 Å². The maximum Gasteiger partial charge on any atom is 0.133 e. The van der Waals surface area contributed by atoms with Crippen molar-refractivity contribution in [3.8, 4) is 0 Å². The van der Waals surface area contributed by atoms with E-state index in [4.69, 9.17) is 16.6 Å². The summed E-state index contributed by atoms with van der Waals surface area (Å²) in [7, 11) is 0. The summed E-state index contributed by atoms with van der Waals surface area (Å²) in [6.45, 7) is 4.40. The van der Waals surface area contributed by atoms with E-state index >= 15 is 0 Å². The Morgan fingerprint density at radius 1 is 1.19 bits per heavy atom. The second-order valence-corrected chi connectivity index (χ2v) is 6.73. The minimum atomic E-state index is 0.393. The van der Waals surface area contributed by atoms with E-state index in [0.29, 0.717) is 17.0 Å². The number of nitrogens with zero attached hydrogens (tertiary/aromatic N) is 2. The van der Waals surface area contributed by atoms with Crippen molar-refractivity contribution in [2.45, 2.75) is 45.4 Å². The SMILES string of the molecule is CC(C)Cc1cc(Cl)nc(C2CCc3ccccc3C2)n1. The summed E-state index contributed by atoms with van der Waals surface area (Å²) in [5.74, 6) is 1.90. The van der Waals surface area contributed by atoms with Crippen LogP contribution in [0.1, 0.15) is 48.8 Å². The monoisotopic (exact) mass is 300 g/mol. The first kappa shape index (κ1) is 14.5. The first-order valence-corrected chi connectivity index (χ1v) is 8.09. The molecule has 0 radical (unpaired) electrons. The minimum Gasteiger partial charge on any atom is -0.238 e. The summed E-state index contributed by atoms with van der Waals surface area (Å²) in [5, 5.41) is 0.578. The molecule has 1 heterocycles. The van der Waals surface area contributed by atoms with Crippen molar-refractivity contribution in [1.29, 1.82) is 0 Å². The van der Waals surface area contributed by atoms with Gasteiger partial charge in [-0.05, 0) is 48.8 Å². The molecule has 0 saturated carbocycles. The van der Waals surface area contributed by atoms with Crippen LogP contribution in [0.2, 0.25) is 5.15 Å². The zero-order valence-electron chi connectivity index (χ0n) is 12.6. The summed E-state index contributed by atoms with van der Waals surface area (Å²) < 4.78 is 0. The predicted molar refractivity (Wildman–Crippen MR) is 86.8 cm³/mol. The molecule has 2 nitrogen and oxygen atoms in total. The van der Waals surface area contributed by atoms with Gasteiger partial charge in [-0.3, -0.25) is 0 Å². The topological polar surface area (TPSA) is 25.8 Å². The molecule has 1 aliphatic carbocycles. The van der Waals surface area contributed by atoms with Crippen LogP contribution in [0.25, 0.3) is 0 Å². The normalized spacial score (nSPS) is 17.8. The molecule has 1 aromatic carbocycles. The number of hydrogen-bond acceptors (Lipinski definition) is 2. The van der Waals surface area contributed by atoms with Crippen LogP contribution in [0.5, 0.6) is 0 Å². The van der Waals surface area contributed by atoms with Crippen molar-refractivity contribution in [3.05, 3.63) is 58.1 Å². The van der Waals surface area contributed by atoms with Gasteiger partial charge in [-0.15, -0.1) is 0 Å². The standard InChI is InChI=1S/C18H21ClN2/c1-12(2)9-16-11-17(19)21-18(20-16)15-8-7-13-5-3-4-6-14(13)10-15/h3-6,11-12,15H,7-10H2,1-2H3. The average molecular weight is 301 g/mol. The van der Waals surface area contributed by atoms with Gasteiger partial charge in [-0.25, -0.2) is 9.97 Å². The van der Waals surface area contributed by atoms with Gasteiger partial charge in [-0.1, -0.05) is 49.7 Å². The molecule has 1 aromatic heterocycles. The van der Waals surface area contributed by atoms with E-state index in [-0.39, 0.29) is 0 Å². The van der Waals surface area contributed by atoms with Crippen molar-refractivity contribution >= 4 is 11.6 Å². The molecule has 1 unspecified atom stereocenters. The predicted octanol–water partition coefficient (Wildman–Crippen LogP) is 4.60. The van der Waals surface area contributed by atoms with Crippen LogP contribution in [-0.2, 0) is 19.3 Å². The Morgan fingerprint density at radius 3 is 2.71 bits per heavy atom. The lowest BCUT2D eigenvalue weighted by atomic mass is 9.83. The Labute approximate surface area is 131 Å². The van der Waals surface area contributed by atoms with Crippen LogP contribution in [-0.4, -0.2) is 9.97 Å². The van der Waals surface area contributed by atoms with Crippen molar-refractivity contribution in [3.63, 3.8) is 0 Å². The number of halogens is 1. The molecule has 1 aliphatic rings. The number of rotatable bonds is 3. The first-order chi connectivity index (χ1) is 10.1.